The second kappa shape index (κ2) is 22.4. The molecule has 0 heterocycles. The van der Waals surface area contributed by atoms with Crippen molar-refractivity contribution >= 4 is 68.0 Å². The van der Waals surface area contributed by atoms with Crippen molar-refractivity contribution in [2.45, 2.75) is 66.2 Å². The van der Waals surface area contributed by atoms with Crippen molar-refractivity contribution in [3.63, 3.8) is 0 Å². The van der Waals surface area contributed by atoms with Gasteiger partial charge in [0.05, 0.1) is 0 Å². The molecule has 0 aliphatic heterocycles. The predicted octanol–water partition coefficient (Wildman–Crippen LogP) is 5.31. The molecule has 0 saturated carbocycles. The number of unbranched alkanes of at least 4 members (excludes halogenated alkanes) is 2. The molecule has 0 aliphatic carbocycles. The summed E-state index contributed by atoms with van der Waals surface area (Å²) in [6.07, 6.45) is 10.7. The maximum Gasteiger partial charge on any atom is 0.174 e. The van der Waals surface area contributed by atoms with E-state index < -0.39 is 0 Å². The number of nitrogens with zero attached hydrogens (tertiary/aromatic N) is 4. The van der Waals surface area contributed by atoms with Crippen LogP contribution in [0.1, 0.15) is 66.2 Å². The van der Waals surface area contributed by atoms with E-state index in [-0.39, 0.29) is 17.1 Å². The first-order valence-electron chi connectivity index (χ1n) is 8.09. The summed E-state index contributed by atoms with van der Waals surface area (Å²) in [5.41, 5.74) is 10.0. The maximum absolute atomic E-state index is 4.10. The van der Waals surface area contributed by atoms with Gasteiger partial charge in [0.1, 0.15) is 0 Å². The first-order chi connectivity index (χ1) is 11.4. The Morgan fingerprint density at radius 1 is 0.800 bits per heavy atom. The van der Waals surface area contributed by atoms with Crippen molar-refractivity contribution in [3.05, 3.63) is 10.9 Å². The molecule has 0 N–H and O–H groups in total. The monoisotopic (exact) mass is 471 g/mol. The maximum atomic E-state index is 4.10. The Bertz CT molecular complexity index is 377. The minimum Gasteiger partial charge on any atom is -0.520 e. The van der Waals surface area contributed by atoms with Crippen LogP contribution in [0.25, 0.3) is 10.9 Å². The minimum absolute atomic E-state index is 0. The average molecular weight is 472 g/mol. The summed E-state index contributed by atoms with van der Waals surface area (Å²) in [6, 6.07) is 0. The van der Waals surface area contributed by atoms with Gasteiger partial charge < -0.3 is 21.1 Å². The molecule has 151 valence electrons. The summed E-state index contributed by atoms with van der Waals surface area (Å²) in [5, 5.41) is 8.08. The molecular weight excluding hydrogens is 440 g/mol. The smallest absolute Gasteiger partial charge is 0.174 e. The van der Waals surface area contributed by atoms with E-state index in [1.165, 1.54) is 49.2 Å². The quantitative estimate of drug-likeness (QED) is 0.120. The van der Waals surface area contributed by atoms with Gasteiger partial charge in [0.2, 0.25) is 0 Å². The van der Waals surface area contributed by atoms with E-state index in [1.54, 1.807) is 0 Å². The molecule has 4 nitrogen and oxygen atoms in total. The first kappa shape index (κ1) is 30.1. The van der Waals surface area contributed by atoms with E-state index >= 15 is 0 Å². The molecule has 0 atom stereocenters. The van der Waals surface area contributed by atoms with Crippen molar-refractivity contribution in [1.29, 1.82) is 0 Å². The molecule has 0 rings (SSSR count). The summed E-state index contributed by atoms with van der Waals surface area (Å²) in [4.78, 5) is 0. The van der Waals surface area contributed by atoms with E-state index in [0.29, 0.717) is 8.64 Å². The molecule has 0 aromatic heterocycles. The van der Waals surface area contributed by atoms with E-state index in [4.69, 9.17) is 0 Å². The molecule has 25 heavy (non-hydrogen) atoms. The van der Waals surface area contributed by atoms with E-state index in [1.807, 2.05) is 26.4 Å². The first-order valence-corrected chi connectivity index (χ1v) is 11.4. The predicted molar refractivity (Wildman–Crippen MR) is 127 cm³/mol. The van der Waals surface area contributed by atoms with Gasteiger partial charge in [-0.2, -0.15) is 0 Å². The molecule has 0 aromatic rings. The van der Waals surface area contributed by atoms with Crippen LogP contribution in [0, 0.1) is 0 Å². The third-order valence-corrected chi connectivity index (χ3v) is 4.93. The molecule has 0 unspecified atom stereocenters. The van der Waals surface area contributed by atoms with Gasteiger partial charge in [0, 0.05) is 17.1 Å². The topological polar surface area (TPSA) is 52.9 Å². The van der Waals surface area contributed by atoms with Gasteiger partial charge in [0.15, 0.2) is 33.1 Å². The van der Waals surface area contributed by atoms with Crippen molar-refractivity contribution in [2.24, 2.45) is 10.2 Å². The molecule has 0 saturated heterocycles. The molecular formula is C16H32CuN4S4. The molecule has 9 heteroatoms. The Morgan fingerprint density at radius 3 is 1.36 bits per heavy atom. The van der Waals surface area contributed by atoms with Crippen LogP contribution in [0.15, 0.2) is 10.2 Å². The van der Waals surface area contributed by atoms with Crippen LogP contribution in [0.5, 0.6) is 0 Å². The van der Waals surface area contributed by atoms with Crippen LogP contribution < -0.4 is 0 Å². The van der Waals surface area contributed by atoms with Gasteiger partial charge in [-0.15, -0.1) is 0 Å². The van der Waals surface area contributed by atoms with Crippen LogP contribution in [0.3, 0.4) is 0 Å². The third-order valence-electron chi connectivity index (χ3n) is 2.76. The average Bonchev–Trinajstić information content (AvgIpc) is 2.60. The fourth-order valence-electron chi connectivity index (χ4n) is 1.30. The summed E-state index contributed by atoms with van der Waals surface area (Å²) in [5.74, 6) is 0. The van der Waals surface area contributed by atoms with Crippen LogP contribution in [-0.2, 0) is 41.5 Å². The second-order valence-corrected chi connectivity index (χ2v) is 8.09. The van der Waals surface area contributed by atoms with Crippen LogP contribution in [-0.4, -0.2) is 32.6 Å². The Kier molecular flexibility index (Phi) is 26.9. The summed E-state index contributed by atoms with van der Waals surface area (Å²) >= 11 is 11.2. The van der Waals surface area contributed by atoms with Crippen LogP contribution >= 0.6 is 23.5 Å². The van der Waals surface area contributed by atoms with Gasteiger partial charge in [0.25, 0.3) is 0 Å². The Labute approximate surface area is 184 Å². The molecule has 1 radical (unpaired) electrons. The molecule has 0 aromatic carbocycles. The molecule has 0 amide bonds. The van der Waals surface area contributed by atoms with E-state index in [9.17, 15) is 0 Å². The fourth-order valence-corrected chi connectivity index (χ4v) is 1.64. The Hall–Kier alpha value is 0.339. The number of thioether (sulfide) groups is 2. The molecule has 0 bridgehead atoms. The van der Waals surface area contributed by atoms with Crippen LogP contribution in [0.2, 0.25) is 0 Å². The van der Waals surface area contributed by atoms with Crippen molar-refractivity contribution in [1.82, 2.24) is 0 Å². The van der Waals surface area contributed by atoms with E-state index in [0.717, 1.165) is 24.3 Å². The van der Waals surface area contributed by atoms with Crippen molar-refractivity contribution in [2.75, 3.05) is 12.5 Å². The van der Waals surface area contributed by atoms with Crippen molar-refractivity contribution < 1.29 is 17.1 Å². The SMILES string of the molecule is CCCCC(C)=N[N-]C(=[SH+])SC.CCCCC(C)=N[N-]C(=[SH+])SC.[Cu]. The summed E-state index contributed by atoms with van der Waals surface area (Å²) in [6.45, 7) is 8.34. The fraction of sp³-hybridized carbons (Fsp3) is 0.750. The number of rotatable bonds is 8. The molecule has 0 spiro atoms. The van der Waals surface area contributed by atoms with Crippen molar-refractivity contribution in [3.8, 4) is 0 Å². The summed E-state index contributed by atoms with van der Waals surface area (Å²) < 4.78 is 1.43. The zero-order valence-corrected chi connectivity index (χ0v) is 20.4. The zero-order valence-electron chi connectivity index (χ0n) is 16.0. The van der Waals surface area contributed by atoms with E-state index in [2.05, 4.69) is 59.3 Å². The second-order valence-electron chi connectivity index (χ2n) is 5.05. The normalized spacial score (nSPS) is 11.0. The zero-order chi connectivity index (χ0) is 18.8. The number of thiol groups is 2. The number of hydrogen-bond donors (Lipinski definition) is 0. The van der Waals surface area contributed by atoms with Gasteiger partial charge >= 0.3 is 0 Å². The molecule has 0 fully saturated rings. The largest absolute Gasteiger partial charge is 0.520 e. The third kappa shape index (κ3) is 24.3. The Morgan fingerprint density at radius 2 is 1.12 bits per heavy atom. The number of hydrogen-bond acceptors (Lipinski definition) is 4. The van der Waals surface area contributed by atoms with Gasteiger partial charge in [-0.05, 0) is 63.5 Å². The standard InChI is InChI=1S/2C8H16N2S2.Cu/c2*1-4-5-6-7(2)9-10-8(11)12-3;/h2*4-6H2,1-3H3,(H,10,11);. The van der Waals surface area contributed by atoms with Gasteiger partial charge in [-0.3, -0.25) is 0 Å². The van der Waals surface area contributed by atoms with Gasteiger partial charge in [-0.1, -0.05) is 50.2 Å². The van der Waals surface area contributed by atoms with Crippen LogP contribution in [0.4, 0.5) is 0 Å². The van der Waals surface area contributed by atoms with Gasteiger partial charge in [-0.25, -0.2) is 0 Å². The molecule has 0 aliphatic rings. The summed E-state index contributed by atoms with van der Waals surface area (Å²) in [7, 11) is 0. The Balaban J connectivity index is -0.000000372. The minimum atomic E-state index is 0.